The quantitative estimate of drug-likeness (QED) is 0.502. The van der Waals surface area contributed by atoms with Crippen molar-refractivity contribution >= 4 is 11.9 Å². The molecule has 1 aliphatic heterocycles. The van der Waals surface area contributed by atoms with Crippen LogP contribution in [0.3, 0.4) is 0 Å². The molecule has 35 heavy (non-hydrogen) atoms. The number of halogens is 1. The highest BCUT2D eigenvalue weighted by Gasteiger charge is 2.61. The predicted octanol–water partition coefficient (Wildman–Crippen LogP) is 1.48. The first-order valence-corrected chi connectivity index (χ1v) is 10.6. The number of aromatic amines is 1. The zero-order valence-corrected chi connectivity index (χ0v) is 18.4. The van der Waals surface area contributed by atoms with E-state index in [0.29, 0.717) is 4.57 Å². The van der Waals surface area contributed by atoms with Gasteiger partial charge in [0.15, 0.2) is 6.10 Å². The number of rotatable bonds is 6. The van der Waals surface area contributed by atoms with Crippen LogP contribution in [0.4, 0.5) is 4.39 Å². The topological polar surface area (TPSA) is 137 Å². The maximum Gasteiger partial charge on any atom is 0.338 e. The summed E-state index contributed by atoms with van der Waals surface area (Å²) in [5.74, 6) is -5.16. The molecule has 0 unspecified atom stereocenters. The third-order valence-corrected chi connectivity index (χ3v) is 5.42. The Morgan fingerprint density at radius 1 is 1.06 bits per heavy atom. The first-order valence-electron chi connectivity index (χ1n) is 10.6. The number of ether oxygens (including phenoxy) is 3. The Bertz CT molecular complexity index is 1340. The van der Waals surface area contributed by atoms with E-state index in [4.69, 9.17) is 14.2 Å². The van der Waals surface area contributed by atoms with Crippen molar-refractivity contribution in [1.29, 1.82) is 0 Å². The van der Waals surface area contributed by atoms with Gasteiger partial charge >= 0.3 is 17.6 Å². The second kappa shape index (κ2) is 9.65. The van der Waals surface area contributed by atoms with Crippen LogP contribution in [0.5, 0.6) is 0 Å². The summed E-state index contributed by atoms with van der Waals surface area (Å²) in [4.78, 5) is 51.0. The molecule has 0 bridgehead atoms. The molecular weight excluding hydrogens is 463 g/mol. The SMILES string of the molecule is Cc1cn([C@@H]2O[C@H](COC(=O)c3ccccc3)[C@@H](OC(=O)c3ccccc3)[C@@]2(O)F)c(=O)[nH]c1=O. The molecule has 0 spiro atoms. The highest BCUT2D eigenvalue weighted by molar-refractivity contribution is 5.90. The smallest absolute Gasteiger partial charge is 0.338 e. The summed E-state index contributed by atoms with van der Waals surface area (Å²) in [5, 5.41) is 10.7. The largest absolute Gasteiger partial charge is 0.459 e. The normalized spacial score (nSPS) is 23.6. The van der Waals surface area contributed by atoms with Crippen molar-refractivity contribution in [1.82, 2.24) is 9.55 Å². The monoisotopic (exact) mass is 484 g/mol. The number of hydrogen-bond donors (Lipinski definition) is 2. The molecule has 2 aromatic carbocycles. The molecule has 1 saturated heterocycles. The molecular formula is C24H21FN2O8. The Labute approximate surface area is 197 Å². The summed E-state index contributed by atoms with van der Waals surface area (Å²) in [5.41, 5.74) is -1.43. The second-order valence-electron chi connectivity index (χ2n) is 7.89. The Hall–Kier alpha value is -4.09. The number of aromatic nitrogens is 2. The molecule has 1 aliphatic rings. The van der Waals surface area contributed by atoms with Crippen LogP contribution >= 0.6 is 0 Å². The maximum absolute atomic E-state index is 15.8. The zero-order valence-electron chi connectivity index (χ0n) is 18.4. The highest BCUT2D eigenvalue weighted by Crippen LogP contribution is 2.41. The Balaban J connectivity index is 1.64. The third kappa shape index (κ3) is 4.91. The number of alkyl halides is 1. The van der Waals surface area contributed by atoms with E-state index < -0.39 is 54.1 Å². The van der Waals surface area contributed by atoms with Gasteiger partial charge in [-0.05, 0) is 31.2 Å². The standard InChI is InChI=1S/C24H21FN2O8/c1-14-12-27(23(31)26-19(14)28)22-24(25,32)18(35-21(30)16-10-6-3-7-11-16)17(34-22)13-33-20(29)15-8-4-2-5-9-15/h2-12,17-18,22,32H,13H2,1H3,(H,26,28,31)/t17-,18-,22-,24+/m1/s1. The van der Waals surface area contributed by atoms with Crippen LogP contribution in [-0.2, 0) is 14.2 Å². The molecule has 0 saturated carbocycles. The fourth-order valence-corrected chi connectivity index (χ4v) is 3.61. The molecule has 1 fully saturated rings. The van der Waals surface area contributed by atoms with Crippen LogP contribution in [0.1, 0.15) is 32.5 Å². The van der Waals surface area contributed by atoms with Gasteiger partial charge < -0.3 is 19.3 Å². The Morgan fingerprint density at radius 3 is 2.23 bits per heavy atom. The van der Waals surface area contributed by atoms with Gasteiger partial charge in [0.05, 0.1) is 11.1 Å². The van der Waals surface area contributed by atoms with Gasteiger partial charge in [-0.15, -0.1) is 0 Å². The van der Waals surface area contributed by atoms with Crippen LogP contribution < -0.4 is 11.2 Å². The fraction of sp³-hybridized carbons (Fsp3) is 0.250. The van der Waals surface area contributed by atoms with E-state index in [9.17, 15) is 24.3 Å². The highest BCUT2D eigenvalue weighted by atomic mass is 19.2. The lowest BCUT2D eigenvalue weighted by Crippen LogP contribution is -2.48. The molecule has 2 heterocycles. The third-order valence-electron chi connectivity index (χ3n) is 5.42. The molecule has 1 aromatic heterocycles. The number of nitrogens with zero attached hydrogens (tertiary/aromatic N) is 1. The van der Waals surface area contributed by atoms with Crippen molar-refractivity contribution in [3.8, 4) is 0 Å². The average Bonchev–Trinajstić information content (AvgIpc) is 3.10. The molecule has 0 amide bonds. The molecule has 10 nitrogen and oxygen atoms in total. The van der Waals surface area contributed by atoms with E-state index in [2.05, 4.69) is 0 Å². The molecule has 11 heteroatoms. The first-order chi connectivity index (χ1) is 16.7. The van der Waals surface area contributed by atoms with Crippen LogP contribution in [0.25, 0.3) is 0 Å². The number of carbonyl (C=O) groups is 2. The number of aryl methyl sites for hydroxylation is 1. The molecule has 0 aliphatic carbocycles. The van der Waals surface area contributed by atoms with Crippen LogP contribution in [0.2, 0.25) is 0 Å². The van der Waals surface area contributed by atoms with E-state index in [1.807, 2.05) is 4.98 Å². The van der Waals surface area contributed by atoms with Crippen molar-refractivity contribution in [2.75, 3.05) is 6.61 Å². The minimum atomic E-state index is -3.43. The lowest BCUT2D eigenvalue weighted by atomic mass is 10.1. The van der Waals surface area contributed by atoms with Crippen LogP contribution in [-0.4, -0.2) is 51.3 Å². The van der Waals surface area contributed by atoms with E-state index >= 15 is 4.39 Å². The van der Waals surface area contributed by atoms with Crippen molar-refractivity contribution in [2.45, 2.75) is 31.2 Å². The van der Waals surface area contributed by atoms with Crippen LogP contribution in [0, 0.1) is 6.92 Å². The summed E-state index contributed by atoms with van der Waals surface area (Å²) < 4.78 is 32.4. The van der Waals surface area contributed by atoms with Gasteiger partial charge in [-0.3, -0.25) is 14.3 Å². The summed E-state index contributed by atoms with van der Waals surface area (Å²) in [7, 11) is 0. The second-order valence-corrected chi connectivity index (χ2v) is 7.89. The lowest BCUT2D eigenvalue weighted by molar-refractivity contribution is -0.197. The van der Waals surface area contributed by atoms with Gasteiger partial charge in [0, 0.05) is 11.8 Å². The predicted molar refractivity (Wildman–Crippen MR) is 118 cm³/mol. The number of carbonyl (C=O) groups excluding carboxylic acids is 2. The fourth-order valence-electron chi connectivity index (χ4n) is 3.61. The molecule has 0 radical (unpaired) electrons. The van der Waals surface area contributed by atoms with Gasteiger partial charge in [-0.2, -0.15) is 0 Å². The van der Waals surface area contributed by atoms with Gasteiger partial charge in [0.2, 0.25) is 6.23 Å². The summed E-state index contributed by atoms with van der Waals surface area (Å²) in [6.45, 7) is 0.757. The van der Waals surface area contributed by atoms with E-state index in [1.165, 1.54) is 31.2 Å². The van der Waals surface area contributed by atoms with E-state index in [-0.39, 0.29) is 16.7 Å². The number of aliphatic hydroxyl groups is 1. The minimum absolute atomic E-state index is 0.0424. The molecule has 2 N–H and O–H groups in total. The number of esters is 2. The average molecular weight is 484 g/mol. The van der Waals surface area contributed by atoms with E-state index in [0.717, 1.165) is 6.20 Å². The number of nitrogens with one attached hydrogen (secondary N) is 1. The first kappa shape index (κ1) is 24.0. The molecule has 3 aromatic rings. The summed E-state index contributed by atoms with van der Waals surface area (Å²) in [6.07, 6.45) is -4.48. The maximum atomic E-state index is 15.8. The Morgan fingerprint density at radius 2 is 1.63 bits per heavy atom. The van der Waals surface area contributed by atoms with Crippen molar-refractivity contribution in [3.63, 3.8) is 0 Å². The van der Waals surface area contributed by atoms with Crippen molar-refractivity contribution < 1.29 is 33.3 Å². The van der Waals surface area contributed by atoms with E-state index in [1.54, 1.807) is 36.4 Å². The lowest BCUT2D eigenvalue weighted by Gasteiger charge is -2.26. The molecule has 182 valence electrons. The van der Waals surface area contributed by atoms with Gasteiger partial charge in [0.1, 0.15) is 12.7 Å². The molecule has 4 rings (SSSR count). The number of H-pyrrole nitrogens is 1. The molecule has 4 atom stereocenters. The number of hydrogen-bond acceptors (Lipinski definition) is 8. The zero-order chi connectivity index (χ0) is 25.2. The van der Waals surface area contributed by atoms with Gasteiger partial charge in [-0.1, -0.05) is 36.4 Å². The van der Waals surface area contributed by atoms with Crippen molar-refractivity contribution in [2.24, 2.45) is 0 Å². The van der Waals surface area contributed by atoms with Gasteiger partial charge in [-0.25, -0.2) is 18.8 Å². The summed E-state index contributed by atoms with van der Waals surface area (Å²) in [6, 6.07) is 15.6. The summed E-state index contributed by atoms with van der Waals surface area (Å²) >= 11 is 0. The number of benzene rings is 2. The van der Waals surface area contributed by atoms with Crippen molar-refractivity contribution in [3.05, 3.63) is 104 Å². The van der Waals surface area contributed by atoms with Gasteiger partial charge in [0.25, 0.3) is 11.4 Å². The minimum Gasteiger partial charge on any atom is -0.459 e. The van der Waals surface area contributed by atoms with Crippen LogP contribution in [0.15, 0.2) is 76.4 Å². The Kier molecular flexibility index (Phi) is 6.63.